The fourth-order valence-electron chi connectivity index (χ4n) is 4.24. The molecule has 5 nitrogen and oxygen atoms in total. The molecule has 1 saturated heterocycles. The van der Waals surface area contributed by atoms with Crippen LogP contribution in [0.2, 0.25) is 0 Å². The van der Waals surface area contributed by atoms with Crippen LogP contribution in [0.1, 0.15) is 43.0 Å². The number of para-hydroxylation sites is 1. The highest BCUT2D eigenvalue weighted by Crippen LogP contribution is 2.32. The van der Waals surface area contributed by atoms with Gasteiger partial charge in [-0.2, -0.15) is 0 Å². The van der Waals surface area contributed by atoms with Crippen LogP contribution >= 0.6 is 0 Å². The van der Waals surface area contributed by atoms with Gasteiger partial charge in [0.25, 0.3) is 0 Å². The smallest absolute Gasteiger partial charge is 0.224 e. The van der Waals surface area contributed by atoms with Crippen molar-refractivity contribution in [1.29, 1.82) is 0 Å². The minimum absolute atomic E-state index is 0.0681. The molecule has 1 N–H and O–H groups in total. The maximum atomic E-state index is 13.1. The lowest BCUT2D eigenvalue weighted by Gasteiger charge is -2.32. The Morgan fingerprint density at radius 3 is 2.64 bits per heavy atom. The first kappa shape index (κ1) is 17.4. The molecule has 3 heterocycles. The van der Waals surface area contributed by atoms with Crippen LogP contribution in [0.25, 0.3) is 11.0 Å². The molecule has 1 aromatic carbocycles. The maximum absolute atomic E-state index is 13.1. The van der Waals surface area contributed by atoms with Gasteiger partial charge in [0.1, 0.15) is 17.4 Å². The van der Waals surface area contributed by atoms with Crippen molar-refractivity contribution in [1.82, 2.24) is 15.2 Å². The van der Waals surface area contributed by atoms with Crippen LogP contribution < -0.4 is 5.32 Å². The lowest BCUT2D eigenvalue weighted by Crippen LogP contribution is -2.42. The zero-order valence-corrected chi connectivity index (χ0v) is 15.9. The molecule has 1 aliphatic heterocycles. The number of hydrogen-bond acceptors (Lipinski definition) is 4. The van der Waals surface area contributed by atoms with Gasteiger partial charge in [0.15, 0.2) is 0 Å². The van der Waals surface area contributed by atoms with Crippen LogP contribution in [0.4, 0.5) is 0 Å². The summed E-state index contributed by atoms with van der Waals surface area (Å²) in [5.41, 5.74) is 1.77. The molecule has 0 spiro atoms. The van der Waals surface area contributed by atoms with Crippen LogP contribution in [0, 0.1) is 5.92 Å². The second-order valence-corrected chi connectivity index (χ2v) is 7.96. The third-order valence-electron chi connectivity index (χ3n) is 6.00. The highest BCUT2D eigenvalue weighted by molar-refractivity contribution is 5.81. The van der Waals surface area contributed by atoms with Crippen molar-refractivity contribution in [2.75, 3.05) is 13.1 Å². The minimum Gasteiger partial charge on any atom is -0.459 e. The zero-order valence-electron chi connectivity index (χ0n) is 15.9. The molecule has 28 heavy (non-hydrogen) atoms. The first-order valence-corrected chi connectivity index (χ1v) is 10.2. The number of furan rings is 1. The van der Waals surface area contributed by atoms with Gasteiger partial charge in [-0.15, -0.1) is 0 Å². The van der Waals surface area contributed by atoms with Crippen molar-refractivity contribution in [2.24, 2.45) is 5.92 Å². The standard InChI is InChI=1S/C23H25N3O2/c27-23(16-9-12-26(13-10-16)19-7-8-19)25-22(18-5-3-11-24-15-18)21-14-17-4-1-2-6-20(17)28-21/h1-6,11,14-16,19,22H,7-10,12-13H2,(H,25,27). The van der Waals surface area contributed by atoms with Crippen molar-refractivity contribution in [3.8, 4) is 0 Å². The van der Waals surface area contributed by atoms with Crippen molar-refractivity contribution >= 4 is 16.9 Å². The average molecular weight is 375 g/mol. The van der Waals surface area contributed by atoms with E-state index < -0.39 is 0 Å². The van der Waals surface area contributed by atoms with E-state index in [1.165, 1.54) is 12.8 Å². The predicted octanol–water partition coefficient (Wildman–Crippen LogP) is 3.91. The zero-order chi connectivity index (χ0) is 18.9. The Kier molecular flexibility index (Phi) is 4.61. The van der Waals surface area contributed by atoms with Crippen LogP contribution in [0.15, 0.2) is 59.3 Å². The quantitative estimate of drug-likeness (QED) is 0.735. The summed E-state index contributed by atoms with van der Waals surface area (Å²) in [6.07, 6.45) is 8.06. The molecular weight excluding hydrogens is 350 g/mol. The molecule has 1 saturated carbocycles. The second kappa shape index (κ2) is 7.40. The number of amides is 1. The Morgan fingerprint density at radius 1 is 1.11 bits per heavy atom. The molecule has 1 aliphatic carbocycles. The third kappa shape index (κ3) is 3.54. The Bertz CT molecular complexity index is 923. The van der Waals surface area contributed by atoms with Crippen LogP contribution in [-0.4, -0.2) is 34.9 Å². The molecule has 2 aromatic heterocycles. The number of rotatable bonds is 5. The Labute approximate surface area is 164 Å². The van der Waals surface area contributed by atoms with Crippen molar-refractivity contribution in [3.05, 3.63) is 66.2 Å². The molecule has 5 rings (SSSR count). The maximum Gasteiger partial charge on any atom is 0.224 e. The molecule has 3 aromatic rings. The number of nitrogens with one attached hydrogen (secondary N) is 1. The van der Waals surface area contributed by atoms with Gasteiger partial charge in [0, 0.05) is 35.3 Å². The van der Waals surface area contributed by atoms with Gasteiger partial charge in [-0.3, -0.25) is 9.78 Å². The monoisotopic (exact) mass is 375 g/mol. The summed E-state index contributed by atoms with van der Waals surface area (Å²) in [6.45, 7) is 2.07. The molecule has 5 heteroatoms. The molecular formula is C23H25N3O2. The first-order valence-electron chi connectivity index (χ1n) is 10.2. The normalized spacial score (nSPS) is 19.6. The molecule has 1 amide bonds. The van der Waals surface area contributed by atoms with Gasteiger partial charge in [-0.1, -0.05) is 24.3 Å². The number of carbonyl (C=O) groups is 1. The fourth-order valence-corrected chi connectivity index (χ4v) is 4.24. The average Bonchev–Trinajstić information content (AvgIpc) is 3.51. The Balaban J connectivity index is 1.36. The molecule has 0 bridgehead atoms. The highest BCUT2D eigenvalue weighted by Gasteiger charge is 2.34. The predicted molar refractivity (Wildman–Crippen MR) is 108 cm³/mol. The van der Waals surface area contributed by atoms with Crippen LogP contribution in [0.5, 0.6) is 0 Å². The summed E-state index contributed by atoms with van der Waals surface area (Å²) in [5.74, 6) is 0.932. The molecule has 0 radical (unpaired) electrons. The molecule has 144 valence electrons. The third-order valence-corrected chi connectivity index (χ3v) is 6.00. The molecule has 1 unspecified atom stereocenters. The van der Waals surface area contributed by atoms with E-state index in [1.54, 1.807) is 12.4 Å². The number of likely N-dealkylation sites (tertiary alicyclic amines) is 1. The number of hydrogen-bond donors (Lipinski definition) is 1. The number of pyridine rings is 1. The van der Waals surface area contributed by atoms with E-state index in [0.717, 1.165) is 54.3 Å². The molecule has 1 atom stereocenters. The lowest BCUT2D eigenvalue weighted by atomic mass is 9.94. The lowest BCUT2D eigenvalue weighted by molar-refractivity contribution is -0.127. The number of benzene rings is 1. The number of piperidine rings is 1. The second-order valence-electron chi connectivity index (χ2n) is 7.96. The summed E-state index contributed by atoms with van der Waals surface area (Å²) in [4.78, 5) is 19.9. The SMILES string of the molecule is O=C(NC(c1cccnc1)c1cc2ccccc2o1)C1CCN(C2CC2)CC1. The minimum atomic E-state index is -0.324. The first-order chi connectivity index (χ1) is 13.8. The van der Waals surface area contributed by atoms with Gasteiger partial charge in [-0.25, -0.2) is 0 Å². The van der Waals surface area contributed by atoms with E-state index in [9.17, 15) is 4.79 Å². The van der Waals surface area contributed by atoms with Gasteiger partial charge in [-0.05, 0) is 57.0 Å². The van der Waals surface area contributed by atoms with Gasteiger partial charge < -0.3 is 14.6 Å². The summed E-state index contributed by atoms with van der Waals surface area (Å²) >= 11 is 0. The molecule has 2 fully saturated rings. The number of carbonyl (C=O) groups excluding carboxylic acids is 1. The van der Waals surface area contributed by atoms with Gasteiger partial charge >= 0.3 is 0 Å². The number of aromatic nitrogens is 1. The Hall–Kier alpha value is -2.66. The summed E-state index contributed by atoms with van der Waals surface area (Å²) in [7, 11) is 0. The highest BCUT2D eigenvalue weighted by atomic mass is 16.3. The van der Waals surface area contributed by atoms with Crippen LogP contribution in [0.3, 0.4) is 0 Å². The summed E-state index contributed by atoms with van der Waals surface area (Å²) < 4.78 is 6.08. The van der Waals surface area contributed by atoms with Gasteiger partial charge in [0.05, 0.1) is 0 Å². The van der Waals surface area contributed by atoms with Crippen molar-refractivity contribution < 1.29 is 9.21 Å². The number of nitrogens with zero attached hydrogens (tertiary/aromatic N) is 2. The summed E-state index contributed by atoms with van der Waals surface area (Å²) in [5, 5.41) is 4.29. The summed E-state index contributed by atoms with van der Waals surface area (Å²) in [6, 6.07) is 14.3. The van der Waals surface area contributed by atoms with Crippen molar-refractivity contribution in [2.45, 2.75) is 37.8 Å². The van der Waals surface area contributed by atoms with Crippen molar-refractivity contribution in [3.63, 3.8) is 0 Å². The number of fused-ring (bicyclic) bond motifs is 1. The Morgan fingerprint density at radius 2 is 1.93 bits per heavy atom. The molecule has 2 aliphatic rings. The van der Waals surface area contributed by atoms with E-state index >= 15 is 0 Å². The van der Waals surface area contributed by atoms with E-state index in [-0.39, 0.29) is 17.9 Å². The van der Waals surface area contributed by atoms with E-state index in [4.69, 9.17) is 4.42 Å². The van der Waals surface area contributed by atoms with E-state index in [2.05, 4.69) is 15.2 Å². The largest absolute Gasteiger partial charge is 0.459 e. The topological polar surface area (TPSA) is 58.4 Å². The van der Waals surface area contributed by atoms with E-state index in [1.807, 2.05) is 42.5 Å². The van der Waals surface area contributed by atoms with E-state index in [0.29, 0.717) is 0 Å². The fraction of sp³-hybridized carbons (Fsp3) is 0.391. The van der Waals surface area contributed by atoms with Gasteiger partial charge in [0.2, 0.25) is 5.91 Å². The van der Waals surface area contributed by atoms with Crippen LogP contribution in [-0.2, 0) is 4.79 Å².